The van der Waals surface area contributed by atoms with Crippen LogP contribution in [0.5, 0.6) is 0 Å². The molecule has 28 heavy (non-hydrogen) atoms. The zero-order chi connectivity index (χ0) is 20.2. The lowest BCUT2D eigenvalue weighted by atomic mass is 10.2. The van der Waals surface area contributed by atoms with Crippen molar-refractivity contribution in [2.75, 3.05) is 45.8 Å². The maximum atomic E-state index is 12.3. The van der Waals surface area contributed by atoms with Gasteiger partial charge in [0.05, 0.1) is 24.0 Å². The van der Waals surface area contributed by atoms with Crippen molar-refractivity contribution >= 4 is 29.5 Å². The van der Waals surface area contributed by atoms with Gasteiger partial charge in [-0.05, 0) is 25.0 Å². The minimum atomic E-state index is -0.602. The molecule has 154 valence electrons. The summed E-state index contributed by atoms with van der Waals surface area (Å²) in [7, 11) is 1.56. The van der Waals surface area contributed by atoms with Crippen LogP contribution in [-0.4, -0.2) is 69.7 Å². The third-order valence-electron chi connectivity index (χ3n) is 3.98. The number of carbonyl (C=O) groups is 3. The molecule has 2 rings (SSSR count). The summed E-state index contributed by atoms with van der Waals surface area (Å²) in [5.41, 5.74) is 0.323. The van der Waals surface area contributed by atoms with Crippen molar-refractivity contribution in [2.24, 2.45) is 0 Å². The SMILES string of the molecule is COCCNC(=O)CSc1ccccc1C(=O)OCC(=O)NCC1CCCO1. The van der Waals surface area contributed by atoms with E-state index >= 15 is 0 Å². The monoisotopic (exact) mass is 410 g/mol. The average molecular weight is 410 g/mol. The molecule has 8 nitrogen and oxygen atoms in total. The minimum absolute atomic E-state index is 0.0341. The van der Waals surface area contributed by atoms with Crippen LogP contribution < -0.4 is 10.6 Å². The molecule has 1 aliphatic heterocycles. The highest BCUT2D eigenvalue weighted by Crippen LogP contribution is 2.23. The molecule has 1 fully saturated rings. The highest BCUT2D eigenvalue weighted by atomic mass is 32.2. The number of amides is 2. The molecular weight excluding hydrogens is 384 g/mol. The average Bonchev–Trinajstić information content (AvgIpc) is 3.23. The van der Waals surface area contributed by atoms with Gasteiger partial charge in [-0.25, -0.2) is 4.79 Å². The maximum absolute atomic E-state index is 12.3. The lowest BCUT2D eigenvalue weighted by Gasteiger charge is -2.12. The summed E-state index contributed by atoms with van der Waals surface area (Å²) in [6.07, 6.45) is 1.95. The molecule has 0 spiro atoms. The number of carbonyl (C=O) groups excluding carboxylic acids is 3. The van der Waals surface area contributed by atoms with Gasteiger partial charge in [0.25, 0.3) is 5.91 Å². The number of thioether (sulfide) groups is 1. The number of benzene rings is 1. The Kier molecular flexibility index (Phi) is 9.81. The highest BCUT2D eigenvalue weighted by Gasteiger charge is 2.18. The van der Waals surface area contributed by atoms with E-state index in [-0.39, 0.29) is 30.3 Å². The van der Waals surface area contributed by atoms with E-state index < -0.39 is 5.97 Å². The van der Waals surface area contributed by atoms with E-state index in [1.54, 1.807) is 31.4 Å². The molecule has 2 N–H and O–H groups in total. The topological polar surface area (TPSA) is 103 Å². The van der Waals surface area contributed by atoms with Gasteiger partial charge in [0.2, 0.25) is 5.91 Å². The molecule has 1 saturated heterocycles. The van der Waals surface area contributed by atoms with E-state index in [0.29, 0.717) is 36.8 Å². The maximum Gasteiger partial charge on any atom is 0.339 e. The van der Waals surface area contributed by atoms with Crippen LogP contribution in [0.3, 0.4) is 0 Å². The van der Waals surface area contributed by atoms with Crippen LogP contribution in [0.2, 0.25) is 0 Å². The first-order valence-corrected chi connectivity index (χ1v) is 10.1. The smallest absolute Gasteiger partial charge is 0.339 e. The number of hydrogen-bond donors (Lipinski definition) is 2. The Labute approximate surface area is 168 Å². The zero-order valence-corrected chi connectivity index (χ0v) is 16.7. The molecule has 1 atom stereocenters. The molecule has 1 aliphatic rings. The van der Waals surface area contributed by atoms with Gasteiger partial charge in [0.1, 0.15) is 0 Å². The molecule has 2 amide bonds. The third kappa shape index (κ3) is 7.87. The summed E-state index contributed by atoms with van der Waals surface area (Å²) in [4.78, 5) is 36.6. The van der Waals surface area contributed by atoms with E-state index in [1.165, 1.54) is 11.8 Å². The van der Waals surface area contributed by atoms with Crippen molar-refractivity contribution in [3.05, 3.63) is 29.8 Å². The van der Waals surface area contributed by atoms with E-state index in [0.717, 1.165) is 12.8 Å². The largest absolute Gasteiger partial charge is 0.452 e. The number of methoxy groups -OCH3 is 1. The van der Waals surface area contributed by atoms with Gasteiger partial charge in [0.15, 0.2) is 6.61 Å². The van der Waals surface area contributed by atoms with Gasteiger partial charge in [-0.15, -0.1) is 11.8 Å². The molecule has 1 aromatic carbocycles. The summed E-state index contributed by atoms with van der Waals surface area (Å²) in [6.45, 7) is 1.65. The van der Waals surface area contributed by atoms with Gasteiger partial charge < -0.3 is 24.8 Å². The molecule has 0 saturated carbocycles. The van der Waals surface area contributed by atoms with Crippen LogP contribution >= 0.6 is 11.8 Å². The quantitative estimate of drug-likeness (QED) is 0.319. The molecular formula is C19H26N2O6S. The summed E-state index contributed by atoms with van der Waals surface area (Å²) in [5.74, 6) is -0.962. The molecule has 1 heterocycles. The second-order valence-corrected chi connectivity index (χ2v) is 7.16. The molecule has 0 radical (unpaired) electrons. The molecule has 1 unspecified atom stereocenters. The summed E-state index contributed by atoms with van der Waals surface area (Å²) in [6, 6.07) is 6.83. The van der Waals surface area contributed by atoms with Gasteiger partial charge in [0, 0.05) is 31.7 Å². The number of esters is 1. The Morgan fingerprint density at radius 1 is 1.21 bits per heavy atom. The van der Waals surface area contributed by atoms with Crippen molar-refractivity contribution in [3.8, 4) is 0 Å². The van der Waals surface area contributed by atoms with Crippen molar-refractivity contribution in [1.29, 1.82) is 0 Å². The summed E-state index contributed by atoms with van der Waals surface area (Å²) >= 11 is 1.23. The van der Waals surface area contributed by atoms with Crippen LogP contribution in [0.15, 0.2) is 29.2 Å². The van der Waals surface area contributed by atoms with Gasteiger partial charge in [-0.2, -0.15) is 0 Å². The van der Waals surface area contributed by atoms with Crippen LogP contribution in [0.1, 0.15) is 23.2 Å². The van der Waals surface area contributed by atoms with Crippen molar-refractivity contribution < 1.29 is 28.6 Å². The number of nitrogens with one attached hydrogen (secondary N) is 2. The fourth-order valence-corrected chi connectivity index (χ4v) is 3.41. The summed E-state index contributed by atoms with van der Waals surface area (Å²) < 4.78 is 15.4. The second kappa shape index (κ2) is 12.4. The van der Waals surface area contributed by atoms with E-state index in [1.807, 2.05) is 0 Å². The minimum Gasteiger partial charge on any atom is -0.452 e. The molecule has 9 heteroatoms. The Morgan fingerprint density at radius 2 is 2.04 bits per heavy atom. The third-order valence-corrected chi connectivity index (χ3v) is 5.05. The van der Waals surface area contributed by atoms with E-state index in [4.69, 9.17) is 14.2 Å². The van der Waals surface area contributed by atoms with Gasteiger partial charge in [-0.3, -0.25) is 9.59 Å². The van der Waals surface area contributed by atoms with Crippen LogP contribution in [0.4, 0.5) is 0 Å². The molecule has 0 aromatic heterocycles. The standard InChI is InChI=1S/C19H26N2O6S/c1-25-10-8-20-18(23)13-28-16-7-3-2-6-15(16)19(24)27-12-17(22)21-11-14-5-4-9-26-14/h2-3,6-7,14H,4-5,8-13H2,1H3,(H,20,23)(H,21,22). The Morgan fingerprint density at radius 3 is 2.79 bits per heavy atom. The van der Waals surface area contributed by atoms with Crippen LogP contribution in [0, 0.1) is 0 Å². The molecule has 1 aromatic rings. The number of rotatable bonds is 11. The van der Waals surface area contributed by atoms with Crippen molar-refractivity contribution in [1.82, 2.24) is 10.6 Å². The first-order valence-electron chi connectivity index (χ1n) is 9.13. The predicted octanol–water partition coefficient (Wildman–Crippen LogP) is 0.993. The van der Waals surface area contributed by atoms with Crippen LogP contribution in [0.25, 0.3) is 0 Å². The lowest BCUT2D eigenvalue weighted by Crippen LogP contribution is -2.34. The first-order chi connectivity index (χ1) is 13.6. The first kappa shape index (κ1) is 22.2. The predicted molar refractivity (Wildman–Crippen MR) is 104 cm³/mol. The fraction of sp³-hybridized carbons (Fsp3) is 0.526. The second-order valence-electron chi connectivity index (χ2n) is 6.14. The zero-order valence-electron chi connectivity index (χ0n) is 15.9. The summed E-state index contributed by atoms with van der Waals surface area (Å²) in [5, 5.41) is 5.42. The van der Waals surface area contributed by atoms with Gasteiger partial charge in [-0.1, -0.05) is 12.1 Å². The van der Waals surface area contributed by atoms with Crippen LogP contribution in [-0.2, 0) is 23.8 Å². The van der Waals surface area contributed by atoms with E-state index in [2.05, 4.69) is 10.6 Å². The van der Waals surface area contributed by atoms with Gasteiger partial charge >= 0.3 is 5.97 Å². The highest BCUT2D eigenvalue weighted by molar-refractivity contribution is 8.00. The van der Waals surface area contributed by atoms with Crippen molar-refractivity contribution in [2.45, 2.75) is 23.8 Å². The molecule has 0 aliphatic carbocycles. The molecule has 0 bridgehead atoms. The Bertz CT molecular complexity index is 664. The Balaban J connectivity index is 1.77. The van der Waals surface area contributed by atoms with E-state index in [9.17, 15) is 14.4 Å². The lowest BCUT2D eigenvalue weighted by molar-refractivity contribution is -0.124. The van der Waals surface area contributed by atoms with Crippen molar-refractivity contribution in [3.63, 3.8) is 0 Å². The normalized spacial score (nSPS) is 15.8. The number of hydrogen-bond acceptors (Lipinski definition) is 7. The Hall–Kier alpha value is -2.10. The fourth-order valence-electron chi connectivity index (χ4n) is 2.54. The number of ether oxygens (including phenoxy) is 3.